The molecule has 2 N–H and O–H groups in total. The lowest BCUT2D eigenvalue weighted by atomic mass is 10.2. The van der Waals surface area contributed by atoms with E-state index in [9.17, 15) is 5.11 Å². The normalized spacial score (nSPS) is 15.7. The molecular formula is C20H25ClN4O3S. The highest BCUT2D eigenvalue weighted by Gasteiger charge is 2.19. The zero-order chi connectivity index (χ0) is 20.4. The molecule has 0 aliphatic carbocycles. The van der Waals surface area contributed by atoms with E-state index in [1.807, 2.05) is 12.1 Å². The van der Waals surface area contributed by atoms with Crippen LogP contribution < -0.4 is 5.32 Å². The molecule has 9 heteroatoms. The summed E-state index contributed by atoms with van der Waals surface area (Å²) in [7, 11) is 0. The van der Waals surface area contributed by atoms with Crippen LogP contribution in [0.25, 0.3) is 11.1 Å². The van der Waals surface area contributed by atoms with Crippen molar-refractivity contribution in [3.8, 4) is 0 Å². The molecule has 0 saturated carbocycles. The molecule has 1 aliphatic heterocycles. The molecular weight excluding hydrogens is 412 g/mol. The highest BCUT2D eigenvalue weighted by atomic mass is 35.5. The van der Waals surface area contributed by atoms with Gasteiger partial charge in [-0.05, 0) is 24.6 Å². The Bertz CT molecular complexity index is 990. The van der Waals surface area contributed by atoms with Crippen LogP contribution in [0.1, 0.15) is 27.0 Å². The third kappa shape index (κ3) is 5.14. The third-order valence-electron chi connectivity index (χ3n) is 4.89. The predicted octanol–water partition coefficient (Wildman–Crippen LogP) is 3.04. The molecule has 1 atom stereocenters. The Morgan fingerprint density at radius 1 is 1.38 bits per heavy atom. The number of hydrogen-bond donors (Lipinski definition) is 2. The summed E-state index contributed by atoms with van der Waals surface area (Å²) in [5.41, 5.74) is 3.57. The number of nitrogens with zero attached hydrogens (tertiary/aromatic N) is 3. The van der Waals surface area contributed by atoms with Crippen LogP contribution in [0.15, 0.2) is 16.5 Å². The molecule has 1 unspecified atom stereocenters. The van der Waals surface area contributed by atoms with E-state index in [4.69, 9.17) is 20.8 Å². The second-order valence-electron chi connectivity index (χ2n) is 7.24. The number of oxazole rings is 1. The topological polar surface area (TPSA) is 83.7 Å². The predicted molar refractivity (Wildman–Crippen MR) is 113 cm³/mol. The lowest BCUT2D eigenvalue weighted by Crippen LogP contribution is -2.35. The summed E-state index contributed by atoms with van der Waals surface area (Å²) in [6, 6.07) is 3.78. The van der Waals surface area contributed by atoms with E-state index >= 15 is 0 Å². The summed E-state index contributed by atoms with van der Waals surface area (Å²) in [6.45, 7) is 7.94. The van der Waals surface area contributed by atoms with Crippen LogP contribution in [-0.2, 0) is 24.2 Å². The van der Waals surface area contributed by atoms with E-state index in [2.05, 4.69) is 27.1 Å². The minimum atomic E-state index is -0.852. The number of nitrogens with one attached hydrogen (secondary N) is 1. The van der Waals surface area contributed by atoms with E-state index in [0.717, 1.165) is 42.1 Å². The SMILES string of the molecule is Cc1nc2cc(CNCC(O)OCCN3CCc4nc(C)sc4C3)cc(Cl)c2o1. The first-order chi connectivity index (χ1) is 14.0. The Labute approximate surface area is 178 Å². The molecule has 3 heterocycles. The van der Waals surface area contributed by atoms with Gasteiger partial charge in [0.15, 0.2) is 17.8 Å². The molecule has 4 rings (SSSR count). The van der Waals surface area contributed by atoms with E-state index in [1.165, 1.54) is 10.6 Å². The average molecular weight is 437 g/mol. The van der Waals surface area contributed by atoms with Crippen LogP contribution in [-0.4, -0.2) is 52.5 Å². The number of rotatable bonds is 8. The van der Waals surface area contributed by atoms with Gasteiger partial charge in [-0.1, -0.05) is 11.6 Å². The second kappa shape index (κ2) is 9.07. The van der Waals surface area contributed by atoms with Gasteiger partial charge in [-0.25, -0.2) is 9.97 Å². The van der Waals surface area contributed by atoms with Crippen molar-refractivity contribution in [2.24, 2.45) is 0 Å². The van der Waals surface area contributed by atoms with E-state index < -0.39 is 6.29 Å². The standard InChI is InChI=1S/C20H25ClN4O3S/c1-12-23-17-8-14(7-15(21)20(17)28-12)9-22-10-19(26)27-6-5-25-4-3-16-18(11-25)29-13(2)24-16/h7-8,19,22,26H,3-6,9-11H2,1-2H3. The maximum atomic E-state index is 10.1. The molecule has 1 aliphatic rings. The largest absolute Gasteiger partial charge is 0.439 e. The average Bonchev–Trinajstić information content (AvgIpc) is 3.22. The van der Waals surface area contributed by atoms with Crippen LogP contribution in [0.3, 0.4) is 0 Å². The van der Waals surface area contributed by atoms with Gasteiger partial charge in [0.2, 0.25) is 0 Å². The van der Waals surface area contributed by atoms with Gasteiger partial charge in [-0.15, -0.1) is 11.3 Å². The molecule has 2 aromatic heterocycles. The summed E-state index contributed by atoms with van der Waals surface area (Å²) in [6.07, 6.45) is 0.136. The summed E-state index contributed by atoms with van der Waals surface area (Å²) >= 11 is 8.02. The lowest BCUT2D eigenvalue weighted by Gasteiger charge is -2.26. The fourth-order valence-corrected chi connectivity index (χ4v) is 4.85. The highest BCUT2D eigenvalue weighted by Crippen LogP contribution is 2.26. The van der Waals surface area contributed by atoms with Crippen molar-refractivity contribution in [3.63, 3.8) is 0 Å². The van der Waals surface area contributed by atoms with E-state index in [1.54, 1.807) is 18.3 Å². The van der Waals surface area contributed by atoms with Gasteiger partial charge in [0.25, 0.3) is 0 Å². The Kier molecular flexibility index (Phi) is 6.48. The van der Waals surface area contributed by atoms with Crippen molar-refractivity contribution < 1.29 is 14.3 Å². The Morgan fingerprint density at radius 2 is 2.24 bits per heavy atom. The number of benzene rings is 1. The Hall–Kier alpha value is -1.55. The number of fused-ring (bicyclic) bond motifs is 2. The van der Waals surface area contributed by atoms with Gasteiger partial charge < -0.3 is 19.6 Å². The highest BCUT2D eigenvalue weighted by molar-refractivity contribution is 7.11. The van der Waals surface area contributed by atoms with Gasteiger partial charge in [0, 0.05) is 50.9 Å². The molecule has 0 spiro atoms. The molecule has 29 heavy (non-hydrogen) atoms. The van der Waals surface area contributed by atoms with Crippen LogP contribution >= 0.6 is 22.9 Å². The molecule has 156 valence electrons. The van der Waals surface area contributed by atoms with Gasteiger partial charge in [0.1, 0.15) is 5.52 Å². The Morgan fingerprint density at radius 3 is 3.10 bits per heavy atom. The Balaban J connectivity index is 1.17. The van der Waals surface area contributed by atoms with Crippen LogP contribution in [0.2, 0.25) is 5.02 Å². The minimum absolute atomic E-state index is 0.339. The fourth-order valence-electron chi connectivity index (χ4n) is 3.54. The number of hydrogen-bond acceptors (Lipinski definition) is 8. The van der Waals surface area contributed by atoms with Gasteiger partial charge in [0.05, 0.1) is 22.3 Å². The first-order valence-corrected chi connectivity index (χ1v) is 10.9. The first-order valence-electron chi connectivity index (χ1n) is 9.71. The maximum absolute atomic E-state index is 10.1. The van der Waals surface area contributed by atoms with Gasteiger partial charge in [-0.3, -0.25) is 4.90 Å². The van der Waals surface area contributed by atoms with Crippen molar-refractivity contribution in [3.05, 3.63) is 44.2 Å². The number of aryl methyl sites for hydroxylation is 2. The third-order valence-corrected chi connectivity index (χ3v) is 6.17. The van der Waals surface area contributed by atoms with Crippen LogP contribution in [0, 0.1) is 13.8 Å². The van der Waals surface area contributed by atoms with Crippen molar-refractivity contribution in [2.45, 2.75) is 39.6 Å². The number of thiazole rings is 1. The van der Waals surface area contributed by atoms with Gasteiger partial charge in [-0.2, -0.15) is 0 Å². The quantitative estimate of drug-likeness (QED) is 0.525. The van der Waals surface area contributed by atoms with Gasteiger partial charge >= 0.3 is 0 Å². The summed E-state index contributed by atoms with van der Waals surface area (Å²) < 4.78 is 11.0. The number of aliphatic hydroxyl groups is 1. The lowest BCUT2D eigenvalue weighted by molar-refractivity contribution is -0.100. The second-order valence-corrected chi connectivity index (χ2v) is 8.94. The molecule has 3 aromatic rings. The minimum Gasteiger partial charge on any atom is -0.439 e. The molecule has 0 saturated heterocycles. The maximum Gasteiger partial charge on any atom is 0.192 e. The van der Waals surface area contributed by atoms with Crippen LogP contribution in [0.5, 0.6) is 0 Å². The van der Waals surface area contributed by atoms with Crippen molar-refractivity contribution in [2.75, 3.05) is 26.2 Å². The zero-order valence-electron chi connectivity index (χ0n) is 16.6. The molecule has 1 aromatic carbocycles. The molecule has 0 radical (unpaired) electrons. The fraction of sp³-hybridized carbons (Fsp3) is 0.500. The zero-order valence-corrected chi connectivity index (χ0v) is 18.1. The van der Waals surface area contributed by atoms with Crippen LogP contribution in [0.4, 0.5) is 0 Å². The summed E-state index contributed by atoms with van der Waals surface area (Å²) in [5, 5.41) is 14.9. The monoisotopic (exact) mass is 436 g/mol. The van der Waals surface area contributed by atoms with Crippen molar-refractivity contribution in [1.82, 2.24) is 20.2 Å². The molecule has 0 fully saturated rings. The molecule has 7 nitrogen and oxygen atoms in total. The number of aromatic nitrogens is 2. The molecule has 0 bridgehead atoms. The van der Waals surface area contributed by atoms with Crippen molar-refractivity contribution in [1.29, 1.82) is 0 Å². The summed E-state index contributed by atoms with van der Waals surface area (Å²) in [4.78, 5) is 12.6. The molecule has 0 amide bonds. The van der Waals surface area contributed by atoms with E-state index in [0.29, 0.717) is 36.2 Å². The number of ether oxygens (including phenoxy) is 1. The number of halogens is 1. The van der Waals surface area contributed by atoms with Crippen molar-refractivity contribution >= 4 is 34.0 Å². The first kappa shape index (κ1) is 20.7. The number of aliphatic hydroxyl groups excluding tert-OH is 1. The van der Waals surface area contributed by atoms with E-state index in [-0.39, 0.29) is 0 Å². The smallest absolute Gasteiger partial charge is 0.192 e. The summed E-state index contributed by atoms with van der Waals surface area (Å²) in [5.74, 6) is 0.589.